The molecule has 0 atom stereocenters. The summed E-state index contributed by atoms with van der Waals surface area (Å²) < 4.78 is 22.2. The van der Waals surface area contributed by atoms with Gasteiger partial charge < -0.3 is 28.1 Å². The maximum Gasteiger partial charge on any atom is 0.260 e. The molecule has 0 unspecified atom stereocenters. The van der Waals surface area contributed by atoms with Gasteiger partial charge in [-0.15, -0.1) is 0 Å². The van der Waals surface area contributed by atoms with E-state index in [1.807, 2.05) is 11.8 Å². The number of aromatic nitrogens is 3. The van der Waals surface area contributed by atoms with E-state index in [2.05, 4.69) is 334 Å². The van der Waals surface area contributed by atoms with E-state index in [1.54, 1.807) is 0 Å². The minimum Gasteiger partial charge on any atom is -0.458 e. The van der Waals surface area contributed by atoms with Crippen molar-refractivity contribution in [3.63, 3.8) is 0 Å². The first-order valence-electron chi connectivity index (χ1n) is 32.6. The van der Waals surface area contributed by atoms with Gasteiger partial charge in [0.15, 0.2) is 0 Å². The van der Waals surface area contributed by atoms with Crippen LogP contribution in [0.5, 0.6) is 23.0 Å². The Hall–Kier alpha value is -11.9. The maximum atomic E-state index is 7.51. The van der Waals surface area contributed by atoms with E-state index in [0.717, 1.165) is 101 Å². The third-order valence-corrected chi connectivity index (χ3v) is 21.6. The number of fused-ring (bicyclic) bond motifs is 15. The van der Waals surface area contributed by atoms with Crippen LogP contribution in [0, 0.1) is 0 Å². The van der Waals surface area contributed by atoms with Crippen molar-refractivity contribution in [3.8, 4) is 73.4 Å². The molecule has 9 heteroatoms. The largest absolute Gasteiger partial charge is 0.458 e. The van der Waals surface area contributed by atoms with Gasteiger partial charge >= 0.3 is 0 Å². The molecule has 21 rings (SSSR count). The summed E-state index contributed by atoms with van der Waals surface area (Å²) in [4.78, 5) is 4.97. The van der Waals surface area contributed by atoms with Gasteiger partial charge in [-0.2, -0.15) is 0 Å². The molecule has 0 spiro atoms. The number of anilines is 3. The molecule has 0 bridgehead atoms. The Bertz CT molecular complexity index is 6010. The number of ether oxygens (including phenoxy) is 2. The summed E-state index contributed by atoms with van der Waals surface area (Å²) in [5, 5.41) is 6.15. The Morgan fingerprint density at radius 1 is 0.295 bits per heavy atom. The molecule has 95 heavy (non-hydrogen) atoms. The molecule has 0 N–H and O–H groups in total. The lowest BCUT2D eigenvalue weighted by Gasteiger charge is -2.41. The van der Waals surface area contributed by atoms with Crippen LogP contribution in [0.2, 0.25) is 0 Å². The van der Waals surface area contributed by atoms with Crippen LogP contribution in [0.25, 0.3) is 105 Å². The van der Waals surface area contributed by atoms with Crippen LogP contribution < -0.4 is 47.2 Å². The van der Waals surface area contributed by atoms with Crippen LogP contribution in [0.4, 0.5) is 17.1 Å². The van der Waals surface area contributed by atoms with Gasteiger partial charge in [0, 0.05) is 93.6 Å². The van der Waals surface area contributed by atoms with E-state index in [9.17, 15) is 0 Å². The Balaban J connectivity index is 0.807. The molecule has 6 nitrogen and oxygen atoms in total. The van der Waals surface area contributed by atoms with Crippen molar-refractivity contribution in [2.45, 2.75) is 9.79 Å². The summed E-state index contributed by atoms with van der Waals surface area (Å²) in [5.74, 6) is 3.25. The third kappa shape index (κ3) is 7.73. The fraction of sp³-hybridized carbons (Fsp3) is 0. The van der Waals surface area contributed by atoms with E-state index in [4.69, 9.17) is 9.47 Å². The molecule has 0 radical (unpaired) electrons. The summed E-state index contributed by atoms with van der Waals surface area (Å²) in [5.41, 5.74) is 26.1. The molecule has 4 aliphatic heterocycles. The maximum absolute atomic E-state index is 7.51. The highest BCUT2D eigenvalue weighted by atomic mass is 32.2. The topological polar surface area (TPSA) is 36.5 Å². The molecule has 0 fully saturated rings. The summed E-state index contributed by atoms with van der Waals surface area (Å²) in [6, 6.07) is 114. The second-order valence-electron chi connectivity index (χ2n) is 25.4. The first kappa shape index (κ1) is 52.7. The Kier molecular flexibility index (Phi) is 11.3. The van der Waals surface area contributed by atoms with Gasteiger partial charge in [-0.25, -0.2) is 0 Å². The fourth-order valence-corrected chi connectivity index (χ4v) is 17.6. The zero-order valence-corrected chi connectivity index (χ0v) is 52.0. The van der Waals surface area contributed by atoms with Crippen molar-refractivity contribution in [2.75, 3.05) is 4.90 Å². The number of rotatable bonds is 7. The van der Waals surface area contributed by atoms with Gasteiger partial charge in [0.25, 0.3) is 6.71 Å². The molecule has 7 heterocycles. The average Bonchev–Trinajstić information content (AvgIpc) is 1.33. The highest BCUT2D eigenvalue weighted by molar-refractivity contribution is 8.00. The standard InChI is InChI=1S/C86H52B2N4O2S/c1-4-22-53(23-5-1)66-52-89(71-34-16-10-32-64(66)71)57-42-45-79-70(48-57)88-68-33-15-21-39-78(68)94-86-83(54-24-6-2-7-25-54)65(51-80(93-79)85(86)88)55-46-77-84-82(47-55)95-81-50-59(92-74-37-19-13-30-62(74)63-31-14-20-38-75(63)92)41-44-69(81)87(84)67-43-40-58(49-76(67)90(77)56-26-8-3-9-27-56)91-72-35-17-11-28-60(72)61-29-12-18-36-73(61)91/h1-52H. The van der Waals surface area contributed by atoms with Crippen LogP contribution in [0.3, 0.4) is 0 Å². The quantitative estimate of drug-likeness (QED) is 0.149. The smallest absolute Gasteiger partial charge is 0.260 e. The normalized spacial score (nSPS) is 13.1. The van der Waals surface area contributed by atoms with E-state index in [1.165, 1.54) is 86.3 Å². The van der Waals surface area contributed by atoms with Crippen LogP contribution in [-0.2, 0) is 0 Å². The van der Waals surface area contributed by atoms with Crippen LogP contribution >= 0.6 is 11.8 Å². The highest BCUT2D eigenvalue weighted by Gasteiger charge is 2.45. The minimum atomic E-state index is -0.198. The molecule has 0 saturated carbocycles. The van der Waals surface area contributed by atoms with Crippen molar-refractivity contribution >= 4 is 130 Å². The zero-order chi connectivity index (χ0) is 62.0. The molecule has 17 aromatic rings. The molecule has 0 aliphatic carbocycles. The summed E-state index contributed by atoms with van der Waals surface area (Å²) >= 11 is 1.88. The molecule has 0 saturated heterocycles. The lowest BCUT2D eigenvalue weighted by molar-refractivity contribution is 0.466. The lowest BCUT2D eigenvalue weighted by atomic mass is 9.34. The van der Waals surface area contributed by atoms with Crippen molar-refractivity contribution in [1.82, 2.24) is 13.7 Å². The summed E-state index contributed by atoms with van der Waals surface area (Å²) in [6.07, 6.45) is 2.29. The summed E-state index contributed by atoms with van der Waals surface area (Å²) in [6.45, 7) is -0.298. The van der Waals surface area contributed by atoms with Gasteiger partial charge in [-0.05, 0) is 153 Å². The van der Waals surface area contributed by atoms with Crippen molar-refractivity contribution < 1.29 is 9.47 Å². The predicted octanol–water partition coefficient (Wildman–Crippen LogP) is 18.3. The van der Waals surface area contributed by atoms with Crippen LogP contribution in [0.1, 0.15) is 0 Å². The van der Waals surface area contributed by atoms with Crippen molar-refractivity contribution in [3.05, 3.63) is 316 Å². The van der Waals surface area contributed by atoms with Gasteiger partial charge in [-0.1, -0.05) is 217 Å². The van der Waals surface area contributed by atoms with Gasteiger partial charge in [-0.3, -0.25) is 0 Å². The lowest BCUT2D eigenvalue weighted by Crippen LogP contribution is -2.59. The number of hydrogen-bond donors (Lipinski definition) is 0. The molecule has 14 aromatic carbocycles. The highest BCUT2D eigenvalue weighted by Crippen LogP contribution is 2.51. The van der Waals surface area contributed by atoms with Crippen LogP contribution in [-0.4, -0.2) is 27.1 Å². The third-order valence-electron chi connectivity index (χ3n) is 20.4. The fourth-order valence-electron chi connectivity index (χ4n) is 16.4. The second-order valence-corrected chi connectivity index (χ2v) is 26.5. The first-order chi connectivity index (χ1) is 47.1. The second kappa shape index (κ2) is 20.3. The minimum absolute atomic E-state index is 0.0993. The van der Waals surface area contributed by atoms with Crippen molar-refractivity contribution in [2.24, 2.45) is 0 Å². The SMILES string of the molecule is c1ccc(-c2c(-c3cc4c5c(c3)N(c3ccccc3)c3cc(-n6c7ccccc7c7ccccc76)ccc3B5c3ccc(-n5c6ccccc6c6ccccc65)cc3S4)cc3c4c2Oc2ccccc2B4c2cc(-n4cc(-c5ccccc5)c5ccccc54)ccc2O3)cc1. The molecular formula is C86H52B2N4O2S. The summed E-state index contributed by atoms with van der Waals surface area (Å²) in [7, 11) is 0. The predicted molar refractivity (Wildman–Crippen MR) is 396 cm³/mol. The Labute approximate surface area is 552 Å². The monoisotopic (exact) mass is 1230 g/mol. The van der Waals surface area contributed by atoms with Gasteiger partial charge in [0.05, 0.1) is 27.6 Å². The van der Waals surface area contributed by atoms with E-state index < -0.39 is 0 Å². The molecule has 0 amide bonds. The number of hydrogen-bond acceptors (Lipinski definition) is 4. The average molecular weight is 1230 g/mol. The van der Waals surface area contributed by atoms with E-state index in [0.29, 0.717) is 0 Å². The molecule has 3 aromatic heterocycles. The number of benzene rings is 14. The molecule has 4 aliphatic rings. The Morgan fingerprint density at radius 2 is 0.832 bits per heavy atom. The molecule has 440 valence electrons. The zero-order valence-electron chi connectivity index (χ0n) is 51.2. The van der Waals surface area contributed by atoms with Gasteiger partial charge in [0.1, 0.15) is 23.0 Å². The van der Waals surface area contributed by atoms with Gasteiger partial charge in [0.2, 0.25) is 6.71 Å². The van der Waals surface area contributed by atoms with Crippen molar-refractivity contribution in [1.29, 1.82) is 0 Å². The van der Waals surface area contributed by atoms with E-state index >= 15 is 0 Å². The number of para-hydroxylation sites is 7. The Morgan fingerprint density at radius 3 is 1.51 bits per heavy atom. The van der Waals surface area contributed by atoms with E-state index in [-0.39, 0.29) is 13.4 Å². The first-order valence-corrected chi connectivity index (χ1v) is 33.4. The van der Waals surface area contributed by atoms with Crippen LogP contribution in [0.15, 0.2) is 325 Å². The number of nitrogens with zero attached hydrogens (tertiary/aromatic N) is 4. The molecular weight excluding hydrogens is 1170 g/mol.